The summed E-state index contributed by atoms with van der Waals surface area (Å²) < 4.78 is 0. The molecule has 0 saturated carbocycles. The van der Waals surface area contributed by atoms with Crippen LogP contribution >= 0.6 is 0 Å². The Morgan fingerprint density at radius 3 is 2.26 bits per heavy atom. The van der Waals surface area contributed by atoms with E-state index in [0.717, 1.165) is 49.7 Å². The van der Waals surface area contributed by atoms with Crippen molar-refractivity contribution in [3.8, 4) is 0 Å². The van der Waals surface area contributed by atoms with Crippen LogP contribution in [0.2, 0.25) is 0 Å². The van der Waals surface area contributed by atoms with Gasteiger partial charge in [-0.1, -0.05) is 60.2 Å². The highest BCUT2D eigenvalue weighted by Crippen LogP contribution is 2.39. The fraction of sp³-hybridized carbons (Fsp3) is 0.259. The maximum Gasteiger partial charge on any atom is 0.178 e. The largest absolute Gasteiger partial charge is 0.354 e. The monoisotopic (exact) mass is 409 g/mol. The van der Waals surface area contributed by atoms with E-state index in [1.54, 1.807) is 12.2 Å². The third kappa shape index (κ3) is 4.04. The second kappa shape index (κ2) is 8.12. The molecule has 1 fully saturated rings. The molecule has 3 aliphatic rings. The number of ketones is 1. The Labute approximate surface area is 183 Å². The maximum atomic E-state index is 11.8. The fourth-order valence-electron chi connectivity index (χ4n) is 4.49. The molecule has 2 aliphatic heterocycles. The van der Waals surface area contributed by atoms with Crippen molar-refractivity contribution in [3.63, 3.8) is 0 Å². The van der Waals surface area contributed by atoms with Gasteiger partial charge in [0.25, 0.3) is 0 Å². The van der Waals surface area contributed by atoms with Crippen LogP contribution in [0.25, 0.3) is 5.57 Å². The van der Waals surface area contributed by atoms with E-state index in [1.807, 2.05) is 30.4 Å². The summed E-state index contributed by atoms with van der Waals surface area (Å²) in [5.74, 6) is 1.03. The summed E-state index contributed by atoms with van der Waals surface area (Å²) in [6.45, 7) is 7.04. The van der Waals surface area contributed by atoms with Gasteiger partial charge in [0.1, 0.15) is 11.4 Å². The molecule has 31 heavy (non-hydrogen) atoms. The molecule has 4 nitrogen and oxygen atoms in total. The highest BCUT2D eigenvalue weighted by Gasteiger charge is 2.37. The van der Waals surface area contributed by atoms with Gasteiger partial charge in [0, 0.05) is 32.7 Å². The normalized spacial score (nSPS) is 20.3. The number of benzene rings is 2. The minimum absolute atomic E-state index is 0.0198. The van der Waals surface area contributed by atoms with Crippen LogP contribution in [0.5, 0.6) is 0 Å². The Morgan fingerprint density at radius 2 is 1.58 bits per heavy atom. The minimum Gasteiger partial charge on any atom is -0.354 e. The molecular formula is C27H27N3O. The molecule has 1 saturated heterocycles. The summed E-state index contributed by atoms with van der Waals surface area (Å²) in [4.78, 5) is 21.8. The van der Waals surface area contributed by atoms with Crippen molar-refractivity contribution in [3.05, 3.63) is 102 Å². The lowest BCUT2D eigenvalue weighted by molar-refractivity contribution is -0.110. The van der Waals surface area contributed by atoms with E-state index in [9.17, 15) is 4.79 Å². The molecule has 0 radical (unpaired) electrons. The van der Waals surface area contributed by atoms with Gasteiger partial charge in [-0.2, -0.15) is 0 Å². The Kier molecular flexibility index (Phi) is 5.16. The molecule has 2 aromatic rings. The number of aliphatic imine (C=N–C) groups is 1. The molecule has 0 aromatic heterocycles. The number of hydrogen-bond donors (Lipinski definition) is 0. The average Bonchev–Trinajstić information content (AvgIpc) is 3.18. The van der Waals surface area contributed by atoms with Gasteiger partial charge in [-0.15, -0.1) is 0 Å². The van der Waals surface area contributed by atoms with E-state index in [4.69, 9.17) is 4.99 Å². The van der Waals surface area contributed by atoms with Gasteiger partial charge in [0.15, 0.2) is 5.78 Å². The summed E-state index contributed by atoms with van der Waals surface area (Å²) >= 11 is 0. The van der Waals surface area contributed by atoms with Crippen molar-refractivity contribution in [2.24, 2.45) is 4.99 Å². The number of nitrogens with zero attached hydrogens (tertiary/aromatic N) is 3. The van der Waals surface area contributed by atoms with Crippen molar-refractivity contribution >= 4 is 17.2 Å². The zero-order chi connectivity index (χ0) is 21.3. The standard InChI is InChI=1S/C27H27N3O/c1-21-7-9-22(10-8-21)20-29-15-17-30(18-16-29)26-19-25(23-5-3-2-4-6-23)27(28-26)13-11-24(31)12-14-27/h2-14,19H,15-18,20H2,1H3. The van der Waals surface area contributed by atoms with Crippen LogP contribution in [0.3, 0.4) is 0 Å². The van der Waals surface area contributed by atoms with E-state index >= 15 is 0 Å². The predicted octanol–water partition coefficient (Wildman–Crippen LogP) is 4.04. The van der Waals surface area contributed by atoms with Crippen LogP contribution in [0.1, 0.15) is 16.7 Å². The van der Waals surface area contributed by atoms with Gasteiger partial charge < -0.3 is 4.90 Å². The molecular weight excluding hydrogens is 382 g/mol. The van der Waals surface area contributed by atoms with Crippen LogP contribution in [0.15, 0.2) is 90.0 Å². The fourth-order valence-corrected chi connectivity index (χ4v) is 4.49. The first-order chi connectivity index (χ1) is 15.1. The van der Waals surface area contributed by atoms with Crippen molar-refractivity contribution in [1.82, 2.24) is 9.80 Å². The lowest BCUT2D eigenvalue weighted by atomic mass is 9.83. The summed E-state index contributed by atoms with van der Waals surface area (Å²) in [6, 6.07) is 19.2. The first kappa shape index (κ1) is 19.7. The predicted molar refractivity (Wildman–Crippen MR) is 126 cm³/mol. The quantitative estimate of drug-likeness (QED) is 0.768. The summed E-state index contributed by atoms with van der Waals surface area (Å²) in [7, 11) is 0. The number of carbonyl (C=O) groups excluding carboxylic acids is 1. The number of rotatable bonds is 3. The molecule has 5 rings (SSSR count). The van der Waals surface area contributed by atoms with Crippen LogP contribution < -0.4 is 0 Å². The molecule has 1 aliphatic carbocycles. The Balaban J connectivity index is 1.34. The maximum absolute atomic E-state index is 11.8. The van der Waals surface area contributed by atoms with E-state index in [0.29, 0.717) is 0 Å². The molecule has 0 amide bonds. The van der Waals surface area contributed by atoms with Gasteiger partial charge in [-0.25, -0.2) is 4.99 Å². The summed E-state index contributed by atoms with van der Waals surface area (Å²) in [5, 5.41) is 0. The molecule has 156 valence electrons. The first-order valence-corrected chi connectivity index (χ1v) is 10.9. The first-order valence-electron chi connectivity index (χ1n) is 10.9. The molecule has 0 unspecified atom stereocenters. The third-order valence-corrected chi connectivity index (χ3v) is 6.32. The zero-order valence-corrected chi connectivity index (χ0v) is 17.9. The van der Waals surface area contributed by atoms with Crippen molar-refractivity contribution in [1.29, 1.82) is 0 Å². The van der Waals surface area contributed by atoms with Crippen LogP contribution in [0.4, 0.5) is 0 Å². The number of aryl methyl sites for hydroxylation is 1. The highest BCUT2D eigenvalue weighted by molar-refractivity contribution is 6.09. The van der Waals surface area contributed by atoms with Gasteiger partial charge in [0.2, 0.25) is 0 Å². The summed E-state index contributed by atoms with van der Waals surface area (Å²) in [6.07, 6.45) is 9.37. The van der Waals surface area contributed by atoms with Crippen LogP contribution in [-0.4, -0.2) is 53.1 Å². The molecule has 4 heteroatoms. The average molecular weight is 410 g/mol. The molecule has 0 N–H and O–H groups in total. The molecule has 0 bridgehead atoms. The molecule has 1 spiro atoms. The third-order valence-electron chi connectivity index (χ3n) is 6.32. The molecule has 2 aromatic carbocycles. The second-order valence-corrected chi connectivity index (χ2v) is 8.54. The van der Waals surface area contributed by atoms with Crippen molar-refractivity contribution < 1.29 is 4.79 Å². The molecule has 2 heterocycles. The summed E-state index contributed by atoms with van der Waals surface area (Å²) in [5.41, 5.74) is 4.36. The van der Waals surface area contributed by atoms with E-state index in [1.165, 1.54) is 11.1 Å². The van der Waals surface area contributed by atoms with E-state index < -0.39 is 5.54 Å². The number of amidine groups is 1. The Morgan fingerprint density at radius 1 is 0.903 bits per heavy atom. The highest BCUT2D eigenvalue weighted by atomic mass is 16.1. The lowest BCUT2D eigenvalue weighted by Gasteiger charge is -2.35. The SMILES string of the molecule is Cc1ccc(CN2CCN(C3=NC4(C=CC(=O)C=C4)C(c4ccccc4)=C3)CC2)cc1. The Bertz CT molecular complexity index is 1070. The zero-order valence-electron chi connectivity index (χ0n) is 17.9. The van der Waals surface area contributed by atoms with Crippen LogP contribution in [0, 0.1) is 6.92 Å². The lowest BCUT2D eigenvalue weighted by Crippen LogP contribution is -2.47. The van der Waals surface area contributed by atoms with Crippen molar-refractivity contribution in [2.45, 2.75) is 19.0 Å². The van der Waals surface area contributed by atoms with Crippen LogP contribution in [-0.2, 0) is 11.3 Å². The minimum atomic E-state index is -0.580. The van der Waals surface area contributed by atoms with Crippen molar-refractivity contribution in [2.75, 3.05) is 26.2 Å². The topological polar surface area (TPSA) is 35.9 Å². The molecule has 0 atom stereocenters. The Hall–Kier alpha value is -3.24. The van der Waals surface area contributed by atoms with Gasteiger partial charge in [-0.3, -0.25) is 9.69 Å². The van der Waals surface area contributed by atoms with Gasteiger partial charge >= 0.3 is 0 Å². The number of carbonyl (C=O) groups is 1. The van der Waals surface area contributed by atoms with E-state index in [-0.39, 0.29) is 5.78 Å². The van der Waals surface area contributed by atoms with Gasteiger partial charge in [-0.05, 0) is 54.0 Å². The van der Waals surface area contributed by atoms with Gasteiger partial charge in [0.05, 0.1) is 0 Å². The second-order valence-electron chi connectivity index (χ2n) is 8.54. The smallest absolute Gasteiger partial charge is 0.178 e. The van der Waals surface area contributed by atoms with E-state index in [2.05, 4.69) is 59.2 Å². The number of hydrogen-bond acceptors (Lipinski definition) is 4. The number of allylic oxidation sites excluding steroid dienone is 2. The number of piperazine rings is 1.